The lowest BCUT2D eigenvalue weighted by atomic mass is 10.0. The van der Waals surface area contributed by atoms with Gasteiger partial charge in [0.25, 0.3) is 0 Å². The van der Waals surface area contributed by atoms with Crippen molar-refractivity contribution in [2.45, 2.75) is 42.4 Å². The van der Waals surface area contributed by atoms with Gasteiger partial charge < -0.3 is 5.32 Å². The summed E-state index contributed by atoms with van der Waals surface area (Å²) in [4.78, 5) is 21.3. The molecule has 1 saturated carbocycles. The average molecular weight is 536 g/mol. The number of aromatic nitrogens is 2. The summed E-state index contributed by atoms with van der Waals surface area (Å²) in [6, 6.07) is 7.72. The van der Waals surface area contributed by atoms with E-state index >= 15 is 0 Å². The van der Waals surface area contributed by atoms with Crippen LogP contribution in [0.2, 0.25) is 0 Å². The van der Waals surface area contributed by atoms with E-state index in [1.165, 1.54) is 6.20 Å². The Labute approximate surface area is 209 Å². The fraction of sp³-hybridized carbons (Fsp3) is 0.333. The molecule has 0 aliphatic heterocycles. The highest BCUT2D eigenvalue weighted by atomic mass is 32.2. The van der Waals surface area contributed by atoms with Crippen LogP contribution in [0.25, 0.3) is 11.0 Å². The summed E-state index contributed by atoms with van der Waals surface area (Å²) >= 11 is 0. The lowest BCUT2D eigenvalue weighted by Gasteiger charge is -2.28. The summed E-state index contributed by atoms with van der Waals surface area (Å²) in [6.07, 6.45) is -3.12. The minimum absolute atomic E-state index is 0.0550. The molecule has 3 aromatic rings. The summed E-state index contributed by atoms with van der Waals surface area (Å²) in [5, 5.41) is 13.7. The maximum Gasteiger partial charge on any atom is 0.407 e. The number of nitrogens with zero attached hydrogens (tertiary/aromatic N) is 3. The number of nitrogens with one attached hydrogen (secondary N) is 2. The molecule has 0 spiro atoms. The van der Waals surface area contributed by atoms with Crippen molar-refractivity contribution in [1.29, 1.82) is 5.26 Å². The molecule has 2 N–H and O–H groups in total. The Kier molecular flexibility index (Phi) is 7.16. The van der Waals surface area contributed by atoms with Crippen molar-refractivity contribution < 1.29 is 30.8 Å². The second-order valence-electron chi connectivity index (χ2n) is 8.83. The molecule has 1 heterocycles. The van der Waals surface area contributed by atoms with Crippen molar-refractivity contribution in [2.75, 3.05) is 5.75 Å². The number of nitriles is 1. The van der Waals surface area contributed by atoms with Gasteiger partial charge in [0.1, 0.15) is 23.4 Å². The van der Waals surface area contributed by atoms with Crippen LogP contribution in [0.5, 0.6) is 0 Å². The normalized spacial score (nSPS) is 16.5. The molecule has 13 heteroatoms. The van der Waals surface area contributed by atoms with Gasteiger partial charge in [-0.1, -0.05) is 24.3 Å². The summed E-state index contributed by atoms with van der Waals surface area (Å²) in [5.74, 6) is -3.51. The molecule has 2 aromatic carbocycles. The first kappa shape index (κ1) is 26.4. The molecule has 1 aromatic heterocycles. The molecule has 0 radical (unpaired) electrons. The number of benzene rings is 2. The molecule has 37 heavy (non-hydrogen) atoms. The molecule has 0 saturated heterocycles. The highest BCUT2D eigenvalue weighted by Crippen LogP contribution is 2.36. The predicted octanol–water partition coefficient (Wildman–Crippen LogP) is 3.12. The van der Waals surface area contributed by atoms with E-state index in [9.17, 15) is 36.0 Å². The van der Waals surface area contributed by atoms with Crippen LogP contribution in [0.3, 0.4) is 0 Å². The van der Waals surface area contributed by atoms with Gasteiger partial charge in [0.15, 0.2) is 9.84 Å². The van der Waals surface area contributed by atoms with E-state index in [1.807, 2.05) is 6.07 Å². The first-order valence-corrected chi connectivity index (χ1v) is 12.9. The van der Waals surface area contributed by atoms with E-state index in [2.05, 4.69) is 20.6 Å². The number of fused-ring (bicyclic) bond motifs is 1. The van der Waals surface area contributed by atoms with Crippen molar-refractivity contribution in [3.05, 3.63) is 71.8 Å². The largest absolute Gasteiger partial charge is 0.407 e. The topological polar surface area (TPSA) is 125 Å². The van der Waals surface area contributed by atoms with Gasteiger partial charge in [0.05, 0.1) is 40.5 Å². The molecular formula is C24H21F4N5O3S. The van der Waals surface area contributed by atoms with Crippen LogP contribution in [0.4, 0.5) is 17.6 Å². The Morgan fingerprint density at radius 1 is 1.11 bits per heavy atom. The number of carbonyl (C=O) groups excluding carboxylic acids is 1. The Hall–Kier alpha value is -3.63. The van der Waals surface area contributed by atoms with Crippen molar-refractivity contribution >= 4 is 26.8 Å². The van der Waals surface area contributed by atoms with Gasteiger partial charge in [0, 0.05) is 0 Å². The van der Waals surface area contributed by atoms with E-state index in [0.717, 1.165) is 24.3 Å². The number of rotatable bonds is 9. The van der Waals surface area contributed by atoms with Crippen molar-refractivity contribution in [3.8, 4) is 6.07 Å². The van der Waals surface area contributed by atoms with Crippen molar-refractivity contribution in [3.63, 3.8) is 0 Å². The highest BCUT2D eigenvalue weighted by Gasteiger charge is 2.48. The summed E-state index contributed by atoms with van der Waals surface area (Å²) < 4.78 is 81.3. The second kappa shape index (κ2) is 10.0. The predicted molar refractivity (Wildman–Crippen MR) is 125 cm³/mol. The fourth-order valence-electron chi connectivity index (χ4n) is 3.75. The number of para-hydroxylation sites is 2. The molecule has 0 unspecified atom stereocenters. The summed E-state index contributed by atoms with van der Waals surface area (Å²) in [7, 11) is -4.21. The van der Waals surface area contributed by atoms with Gasteiger partial charge in [-0.3, -0.25) is 15.1 Å². The average Bonchev–Trinajstić information content (AvgIpc) is 3.61. The second-order valence-corrected chi connectivity index (χ2v) is 10.9. The number of alkyl halides is 3. The molecule has 194 valence electrons. The SMILES string of the molecule is N#CC1(NC(=O)[C@H](CS(=O)(=O)Cc2cnc3ccccc3n2)N[C@@H](c2ccc(F)cc2)C(F)(F)F)CC1. The summed E-state index contributed by atoms with van der Waals surface area (Å²) in [6.45, 7) is 0. The number of halogens is 4. The zero-order valence-corrected chi connectivity index (χ0v) is 20.0. The summed E-state index contributed by atoms with van der Waals surface area (Å²) in [5.41, 5.74) is -0.638. The smallest absolute Gasteiger partial charge is 0.336 e. The van der Waals surface area contributed by atoms with Crippen LogP contribution in [0.15, 0.2) is 54.7 Å². The molecular weight excluding hydrogens is 514 g/mol. The van der Waals surface area contributed by atoms with Crippen LogP contribution in [-0.4, -0.2) is 47.8 Å². The first-order valence-electron chi connectivity index (χ1n) is 11.1. The maximum absolute atomic E-state index is 14.0. The minimum atomic E-state index is -4.95. The van der Waals surface area contributed by atoms with Crippen LogP contribution in [0.1, 0.15) is 30.1 Å². The van der Waals surface area contributed by atoms with Gasteiger partial charge in [-0.05, 0) is 42.7 Å². The van der Waals surface area contributed by atoms with Gasteiger partial charge in [-0.2, -0.15) is 18.4 Å². The number of hydrogen-bond donors (Lipinski definition) is 2. The zero-order valence-electron chi connectivity index (χ0n) is 19.2. The molecule has 4 rings (SSSR count). The third kappa shape index (κ3) is 6.58. The van der Waals surface area contributed by atoms with E-state index in [4.69, 9.17) is 0 Å². The highest BCUT2D eigenvalue weighted by molar-refractivity contribution is 7.90. The minimum Gasteiger partial charge on any atom is -0.336 e. The van der Waals surface area contributed by atoms with Crippen LogP contribution >= 0.6 is 0 Å². The molecule has 8 nitrogen and oxygen atoms in total. The van der Waals surface area contributed by atoms with Gasteiger partial charge in [-0.15, -0.1) is 0 Å². The Morgan fingerprint density at radius 2 is 1.76 bits per heavy atom. The number of carbonyl (C=O) groups is 1. The van der Waals surface area contributed by atoms with Crippen molar-refractivity contribution in [2.24, 2.45) is 0 Å². The van der Waals surface area contributed by atoms with Crippen LogP contribution in [0, 0.1) is 17.1 Å². The van der Waals surface area contributed by atoms with Gasteiger partial charge in [0.2, 0.25) is 5.91 Å². The lowest BCUT2D eigenvalue weighted by molar-refractivity contribution is -0.160. The molecule has 1 amide bonds. The monoisotopic (exact) mass is 535 g/mol. The first-order chi connectivity index (χ1) is 17.4. The van der Waals surface area contributed by atoms with Crippen LogP contribution < -0.4 is 10.6 Å². The van der Waals surface area contributed by atoms with Crippen LogP contribution in [-0.2, 0) is 20.4 Å². The standard InChI is InChI=1S/C24H21F4N5O3S/c25-16-7-5-15(6-8-16)21(24(26,27)28)32-20(22(34)33-23(14-29)9-10-23)13-37(35,36)12-17-11-30-18-3-1-2-4-19(18)31-17/h1-8,11,20-21,32H,9-10,12-13H2,(H,33,34)/t20-,21-/m0/s1. The number of sulfone groups is 1. The quantitative estimate of drug-likeness (QED) is 0.404. The molecule has 1 aliphatic rings. The Balaban J connectivity index is 1.61. The molecule has 2 atom stereocenters. The number of amides is 1. The molecule has 1 aliphatic carbocycles. The Bertz CT molecular complexity index is 1450. The number of hydrogen-bond acceptors (Lipinski definition) is 7. The van der Waals surface area contributed by atoms with Gasteiger partial charge >= 0.3 is 6.18 Å². The van der Waals surface area contributed by atoms with Crippen molar-refractivity contribution in [1.82, 2.24) is 20.6 Å². The third-order valence-electron chi connectivity index (χ3n) is 5.83. The van der Waals surface area contributed by atoms with E-state index < -0.39 is 62.4 Å². The van der Waals surface area contributed by atoms with E-state index in [-0.39, 0.29) is 5.69 Å². The van der Waals surface area contributed by atoms with E-state index in [1.54, 1.807) is 24.3 Å². The third-order valence-corrected chi connectivity index (χ3v) is 7.41. The van der Waals surface area contributed by atoms with E-state index in [0.29, 0.717) is 23.9 Å². The molecule has 0 bridgehead atoms. The lowest BCUT2D eigenvalue weighted by Crippen LogP contribution is -2.54. The molecule has 1 fully saturated rings. The Morgan fingerprint density at radius 3 is 2.35 bits per heavy atom. The fourth-order valence-corrected chi connectivity index (χ4v) is 5.21. The maximum atomic E-state index is 14.0. The zero-order chi connectivity index (χ0) is 26.8. The van der Waals surface area contributed by atoms with Gasteiger partial charge in [-0.25, -0.2) is 17.8 Å².